The quantitative estimate of drug-likeness (QED) is 0.677. The van der Waals surface area contributed by atoms with Crippen LogP contribution in [0.15, 0.2) is 12.4 Å². The lowest BCUT2D eigenvalue weighted by molar-refractivity contribution is 0.00852. The number of aromatic nitrogens is 2. The molecule has 1 fully saturated rings. The Morgan fingerprint density at radius 3 is 3.18 bits per heavy atom. The van der Waals surface area contributed by atoms with Crippen molar-refractivity contribution >= 4 is 0 Å². The highest BCUT2D eigenvalue weighted by Crippen LogP contribution is 2.12. The van der Waals surface area contributed by atoms with Gasteiger partial charge in [0.05, 0.1) is 31.7 Å². The topological polar surface area (TPSA) is 45.5 Å². The summed E-state index contributed by atoms with van der Waals surface area (Å²) in [5.74, 6) is 0.799. The van der Waals surface area contributed by atoms with Gasteiger partial charge in [0.25, 0.3) is 0 Å². The summed E-state index contributed by atoms with van der Waals surface area (Å²) in [5, 5.41) is 4.13. The Bertz CT molecular complexity index is 321. The predicted octanol–water partition coefficient (Wildman–Crippen LogP) is 1.48. The maximum atomic E-state index is 5.50. The minimum Gasteiger partial charge on any atom is -0.488 e. The van der Waals surface area contributed by atoms with Crippen molar-refractivity contribution in [1.82, 2.24) is 9.78 Å². The third-order valence-electron chi connectivity index (χ3n) is 2.76. The molecule has 1 aliphatic heterocycles. The lowest BCUT2D eigenvalue weighted by Crippen LogP contribution is -2.17. The molecule has 1 aromatic heterocycles. The summed E-state index contributed by atoms with van der Waals surface area (Å²) in [4.78, 5) is 0. The van der Waals surface area contributed by atoms with Crippen LogP contribution in [0.3, 0.4) is 0 Å². The molecule has 2 rings (SSSR count). The lowest BCUT2D eigenvalue weighted by atomic mass is 10.2. The number of ether oxygens (including phenoxy) is 3. The number of hydrogen-bond donors (Lipinski definition) is 0. The van der Waals surface area contributed by atoms with Gasteiger partial charge in [-0.2, -0.15) is 5.10 Å². The molecule has 0 saturated carbocycles. The molecule has 0 spiro atoms. The van der Waals surface area contributed by atoms with Crippen molar-refractivity contribution in [3.05, 3.63) is 12.4 Å². The fraction of sp³-hybridized carbons (Fsp3) is 0.750. The van der Waals surface area contributed by atoms with Gasteiger partial charge in [-0.3, -0.25) is 4.68 Å². The van der Waals surface area contributed by atoms with Gasteiger partial charge >= 0.3 is 0 Å². The van der Waals surface area contributed by atoms with Crippen molar-refractivity contribution < 1.29 is 14.2 Å². The van der Waals surface area contributed by atoms with Crippen LogP contribution in [0.5, 0.6) is 5.75 Å². The van der Waals surface area contributed by atoms with Crippen LogP contribution in [0.4, 0.5) is 0 Å². The van der Waals surface area contributed by atoms with Crippen LogP contribution in [0.1, 0.15) is 19.8 Å². The molecule has 96 valence electrons. The monoisotopic (exact) mass is 240 g/mol. The largest absolute Gasteiger partial charge is 0.488 e. The first-order chi connectivity index (χ1) is 8.38. The van der Waals surface area contributed by atoms with E-state index in [0.29, 0.717) is 19.8 Å². The molecule has 17 heavy (non-hydrogen) atoms. The van der Waals surface area contributed by atoms with Gasteiger partial charge in [-0.05, 0) is 19.8 Å². The second-order valence-electron chi connectivity index (χ2n) is 4.09. The SMILES string of the molecule is CCn1cc(OCCOC[C@@H]2CCCO2)cn1. The van der Waals surface area contributed by atoms with E-state index in [2.05, 4.69) is 5.10 Å². The van der Waals surface area contributed by atoms with E-state index in [-0.39, 0.29) is 6.10 Å². The van der Waals surface area contributed by atoms with Crippen LogP contribution in [-0.4, -0.2) is 42.3 Å². The summed E-state index contributed by atoms with van der Waals surface area (Å²) in [6.07, 6.45) is 6.17. The van der Waals surface area contributed by atoms with Gasteiger partial charge in [0.15, 0.2) is 5.75 Å². The van der Waals surface area contributed by atoms with Crippen molar-refractivity contribution in [2.24, 2.45) is 0 Å². The smallest absolute Gasteiger partial charge is 0.157 e. The molecule has 0 amide bonds. The van der Waals surface area contributed by atoms with Crippen LogP contribution < -0.4 is 4.74 Å². The second kappa shape index (κ2) is 6.61. The molecule has 0 radical (unpaired) electrons. The van der Waals surface area contributed by atoms with Crippen LogP contribution in [0.25, 0.3) is 0 Å². The van der Waals surface area contributed by atoms with E-state index in [9.17, 15) is 0 Å². The van der Waals surface area contributed by atoms with Gasteiger partial charge in [-0.25, -0.2) is 0 Å². The Morgan fingerprint density at radius 1 is 1.53 bits per heavy atom. The van der Waals surface area contributed by atoms with Gasteiger partial charge in [-0.15, -0.1) is 0 Å². The second-order valence-corrected chi connectivity index (χ2v) is 4.09. The molecule has 1 saturated heterocycles. The van der Waals surface area contributed by atoms with Crippen LogP contribution in [0.2, 0.25) is 0 Å². The van der Waals surface area contributed by atoms with Crippen molar-refractivity contribution in [3.63, 3.8) is 0 Å². The first-order valence-corrected chi connectivity index (χ1v) is 6.23. The highest BCUT2D eigenvalue weighted by Gasteiger charge is 2.14. The average Bonchev–Trinajstić information content (AvgIpc) is 2.99. The zero-order chi connectivity index (χ0) is 11.9. The third-order valence-corrected chi connectivity index (χ3v) is 2.76. The first-order valence-electron chi connectivity index (χ1n) is 6.23. The van der Waals surface area contributed by atoms with Crippen molar-refractivity contribution in [2.75, 3.05) is 26.4 Å². The highest BCUT2D eigenvalue weighted by molar-refractivity contribution is 5.11. The zero-order valence-corrected chi connectivity index (χ0v) is 10.3. The average molecular weight is 240 g/mol. The van der Waals surface area contributed by atoms with E-state index >= 15 is 0 Å². The zero-order valence-electron chi connectivity index (χ0n) is 10.3. The molecule has 0 bridgehead atoms. The molecular formula is C12H20N2O3. The molecule has 5 nitrogen and oxygen atoms in total. The Balaban J connectivity index is 1.53. The maximum absolute atomic E-state index is 5.50. The van der Waals surface area contributed by atoms with Crippen LogP contribution >= 0.6 is 0 Å². The molecule has 0 aromatic carbocycles. The summed E-state index contributed by atoms with van der Waals surface area (Å²) >= 11 is 0. The number of aryl methyl sites for hydroxylation is 1. The van der Waals surface area contributed by atoms with E-state index in [0.717, 1.165) is 31.7 Å². The highest BCUT2D eigenvalue weighted by atomic mass is 16.5. The molecule has 1 aliphatic rings. The molecule has 1 atom stereocenters. The summed E-state index contributed by atoms with van der Waals surface area (Å²) in [7, 11) is 0. The van der Waals surface area contributed by atoms with E-state index < -0.39 is 0 Å². The van der Waals surface area contributed by atoms with Crippen LogP contribution in [0, 0.1) is 0 Å². The van der Waals surface area contributed by atoms with E-state index in [1.165, 1.54) is 0 Å². The molecule has 2 heterocycles. The minimum atomic E-state index is 0.290. The lowest BCUT2D eigenvalue weighted by Gasteiger charge is -2.10. The Hall–Kier alpha value is -1.07. The van der Waals surface area contributed by atoms with Gasteiger partial charge in [0.1, 0.15) is 6.61 Å². The normalized spacial score (nSPS) is 19.7. The fourth-order valence-corrected chi connectivity index (χ4v) is 1.80. The molecule has 0 aliphatic carbocycles. The van der Waals surface area contributed by atoms with Crippen molar-refractivity contribution in [1.29, 1.82) is 0 Å². The number of rotatable bonds is 7. The molecule has 1 aromatic rings. The summed E-state index contributed by atoms with van der Waals surface area (Å²) < 4.78 is 18.3. The Kier molecular flexibility index (Phi) is 4.82. The van der Waals surface area contributed by atoms with Crippen LogP contribution in [-0.2, 0) is 16.0 Å². The minimum absolute atomic E-state index is 0.290. The summed E-state index contributed by atoms with van der Waals surface area (Å²) in [5.41, 5.74) is 0. The molecule has 0 unspecified atom stereocenters. The van der Waals surface area contributed by atoms with Gasteiger partial charge < -0.3 is 14.2 Å². The molecule has 5 heteroatoms. The van der Waals surface area contributed by atoms with E-state index in [1.54, 1.807) is 6.20 Å². The van der Waals surface area contributed by atoms with Gasteiger partial charge in [0, 0.05) is 13.2 Å². The third kappa shape index (κ3) is 4.02. The molecule has 0 N–H and O–H groups in total. The van der Waals surface area contributed by atoms with Crippen molar-refractivity contribution in [3.8, 4) is 5.75 Å². The molecular weight excluding hydrogens is 220 g/mol. The number of hydrogen-bond acceptors (Lipinski definition) is 4. The first kappa shape index (κ1) is 12.4. The number of nitrogens with zero attached hydrogens (tertiary/aromatic N) is 2. The Labute approximate surface area is 102 Å². The van der Waals surface area contributed by atoms with E-state index in [4.69, 9.17) is 14.2 Å². The fourth-order valence-electron chi connectivity index (χ4n) is 1.80. The summed E-state index contributed by atoms with van der Waals surface area (Å²) in [6.45, 7) is 5.61. The standard InChI is InChI=1S/C12H20N2O3/c1-2-14-9-12(8-13-14)17-7-6-15-10-11-4-3-5-16-11/h8-9,11H,2-7,10H2,1H3/t11-/m0/s1. The van der Waals surface area contributed by atoms with E-state index in [1.807, 2.05) is 17.8 Å². The van der Waals surface area contributed by atoms with Crippen molar-refractivity contribution in [2.45, 2.75) is 32.4 Å². The maximum Gasteiger partial charge on any atom is 0.157 e. The predicted molar refractivity (Wildman–Crippen MR) is 63.2 cm³/mol. The van der Waals surface area contributed by atoms with Gasteiger partial charge in [-0.1, -0.05) is 0 Å². The Morgan fingerprint density at radius 2 is 2.47 bits per heavy atom. The summed E-state index contributed by atoms with van der Waals surface area (Å²) in [6, 6.07) is 0. The van der Waals surface area contributed by atoms with Gasteiger partial charge in [0.2, 0.25) is 0 Å².